The van der Waals surface area contributed by atoms with Crippen molar-refractivity contribution in [3.05, 3.63) is 0 Å². The Morgan fingerprint density at radius 2 is 2.22 bits per heavy atom. The van der Waals surface area contributed by atoms with Gasteiger partial charge in [0.2, 0.25) is 5.91 Å². The normalized spacial score (nSPS) is 35.3. The molecule has 3 unspecified atom stereocenters. The number of nitrogens with one attached hydrogen (secondary N) is 2. The molecule has 0 aromatic heterocycles. The van der Waals surface area contributed by atoms with Crippen LogP contribution in [0.1, 0.15) is 19.3 Å². The van der Waals surface area contributed by atoms with E-state index in [2.05, 4.69) is 10.6 Å². The van der Waals surface area contributed by atoms with Crippen LogP contribution >= 0.6 is 0 Å². The Balaban J connectivity index is 1.84. The zero-order chi connectivity index (χ0) is 13.2. The molecule has 104 valence electrons. The summed E-state index contributed by atoms with van der Waals surface area (Å²) in [7, 11) is -1.35. The second kappa shape index (κ2) is 5.54. The Morgan fingerprint density at radius 1 is 1.44 bits per heavy atom. The largest absolute Gasteiger partial charge is 0.380 e. The monoisotopic (exact) mass is 276 g/mol. The second-order valence-corrected chi connectivity index (χ2v) is 7.25. The molecule has 7 heteroatoms. The summed E-state index contributed by atoms with van der Waals surface area (Å²) in [6.45, 7) is 0.664. The summed E-state index contributed by atoms with van der Waals surface area (Å²) < 4.78 is 28.1. The lowest BCUT2D eigenvalue weighted by atomic mass is 10.1. The second-order valence-electron chi connectivity index (χ2n) is 5.02. The van der Waals surface area contributed by atoms with Gasteiger partial charge in [0.1, 0.15) is 0 Å². The highest BCUT2D eigenvalue weighted by molar-refractivity contribution is 7.91. The minimum Gasteiger partial charge on any atom is -0.380 e. The first-order valence-corrected chi connectivity index (χ1v) is 8.09. The number of ether oxygens (including phenoxy) is 1. The summed E-state index contributed by atoms with van der Waals surface area (Å²) in [5.41, 5.74) is 0. The van der Waals surface area contributed by atoms with E-state index in [1.54, 1.807) is 7.11 Å². The number of sulfone groups is 1. The Labute approximate surface area is 107 Å². The molecule has 0 aromatic rings. The van der Waals surface area contributed by atoms with Gasteiger partial charge in [-0.25, -0.2) is 8.42 Å². The van der Waals surface area contributed by atoms with Gasteiger partial charge in [-0.15, -0.1) is 0 Å². The molecule has 2 heterocycles. The zero-order valence-electron chi connectivity index (χ0n) is 10.5. The third kappa shape index (κ3) is 3.43. The average molecular weight is 276 g/mol. The zero-order valence-corrected chi connectivity index (χ0v) is 11.3. The van der Waals surface area contributed by atoms with Crippen LogP contribution in [0.15, 0.2) is 0 Å². The Hall–Kier alpha value is -0.660. The molecule has 6 nitrogen and oxygen atoms in total. The van der Waals surface area contributed by atoms with Crippen LogP contribution in [0.4, 0.5) is 0 Å². The quantitative estimate of drug-likeness (QED) is 0.695. The highest BCUT2D eigenvalue weighted by Gasteiger charge is 2.32. The Morgan fingerprint density at radius 3 is 2.83 bits per heavy atom. The molecule has 0 bridgehead atoms. The minimum atomic E-state index is -2.98. The number of methoxy groups -OCH3 is 1. The van der Waals surface area contributed by atoms with Crippen LogP contribution in [-0.4, -0.2) is 57.7 Å². The summed E-state index contributed by atoms with van der Waals surface area (Å²) in [5.74, 6) is 0.197. The molecule has 0 aliphatic carbocycles. The highest BCUT2D eigenvalue weighted by atomic mass is 32.2. The molecule has 0 radical (unpaired) electrons. The number of carbonyl (C=O) groups excluding carboxylic acids is 1. The molecule has 2 fully saturated rings. The molecular weight excluding hydrogens is 256 g/mol. The van der Waals surface area contributed by atoms with Gasteiger partial charge in [0.15, 0.2) is 9.84 Å². The van der Waals surface area contributed by atoms with Gasteiger partial charge < -0.3 is 15.4 Å². The van der Waals surface area contributed by atoms with Crippen LogP contribution < -0.4 is 10.6 Å². The van der Waals surface area contributed by atoms with Crippen molar-refractivity contribution in [1.29, 1.82) is 0 Å². The Kier molecular flexibility index (Phi) is 4.24. The van der Waals surface area contributed by atoms with E-state index in [0.29, 0.717) is 19.4 Å². The van der Waals surface area contributed by atoms with Crippen molar-refractivity contribution in [3.63, 3.8) is 0 Å². The molecule has 18 heavy (non-hydrogen) atoms. The van der Waals surface area contributed by atoms with Crippen molar-refractivity contribution in [2.75, 3.05) is 25.2 Å². The van der Waals surface area contributed by atoms with Crippen LogP contribution in [0.5, 0.6) is 0 Å². The minimum absolute atomic E-state index is 0.0656. The van der Waals surface area contributed by atoms with Gasteiger partial charge in [-0.3, -0.25) is 4.79 Å². The predicted octanol–water partition coefficient (Wildman–Crippen LogP) is -0.943. The first-order valence-electron chi connectivity index (χ1n) is 6.27. The fourth-order valence-electron chi connectivity index (χ4n) is 2.52. The van der Waals surface area contributed by atoms with E-state index in [0.717, 1.165) is 6.42 Å². The highest BCUT2D eigenvalue weighted by Crippen LogP contribution is 2.14. The molecule has 3 atom stereocenters. The predicted molar refractivity (Wildman–Crippen MR) is 67.0 cm³/mol. The fraction of sp³-hybridized carbons (Fsp3) is 0.909. The van der Waals surface area contributed by atoms with Crippen LogP contribution in [0, 0.1) is 0 Å². The molecule has 2 rings (SSSR count). The van der Waals surface area contributed by atoms with Crippen molar-refractivity contribution in [3.8, 4) is 0 Å². The summed E-state index contributed by atoms with van der Waals surface area (Å²) in [6.07, 6.45) is 2.08. The van der Waals surface area contributed by atoms with Crippen molar-refractivity contribution < 1.29 is 17.9 Å². The number of rotatable bonds is 3. The van der Waals surface area contributed by atoms with Crippen molar-refractivity contribution in [2.24, 2.45) is 0 Å². The summed E-state index contributed by atoms with van der Waals surface area (Å²) in [4.78, 5) is 12.0. The fourth-order valence-corrected chi connectivity index (χ4v) is 4.16. The maximum Gasteiger partial charge on any atom is 0.237 e. The Bertz CT molecular complexity index is 409. The third-order valence-electron chi connectivity index (χ3n) is 3.55. The van der Waals surface area contributed by atoms with Gasteiger partial charge in [-0.2, -0.15) is 0 Å². The van der Waals surface area contributed by atoms with E-state index in [1.165, 1.54) is 0 Å². The maximum absolute atomic E-state index is 12.0. The first-order chi connectivity index (χ1) is 8.50. The maximum atomic E-state index is 12.0. The van der Waals surface area contributed by atoms with Crippen molar-refractivity contribution >= 4 is 15.7 Å². The smallest absolute Gasteiger partial charge is 0.237 e. The van der Waals surface area contributed by atoms with Gasteiger partial charge in [0, 0.05) is 19.7 Å². The lowest BCUT2D eigenvalue weighted by molar-refractivity contribution is -0.123. The number of hydrogen-bond donors (Lipinski definition) is 2. The molecule has 0 aromatic carbocycles. The average Bonchev–Trinajstić information content (AvgIpc) is 2.76. The molecule has 2 aliphatic rings. The van der Waals surface area contributed by atoms with Gasteiger partial charge in [0.25, 0.3) is 0 Å². The molecule has 0 saturated carbocycles. The van der Waals surface area contributed by atoms with Crippen LogP contribution in [0.2, 0.25) is 0 Å². The molecule has 2 saturated heterocycles. The number of amides is 1. The summed E-state index contributed by atoms with van der Waals surface area (Å²) >= 11 is 0. The van der Waals surface area contributed by atoms with Gasteiger partial charge >= 0.3 is 0 Å². The van der Waals surface area contributed by atoms with Gasteiger partial charge in [-0.1, -0.05) is 0 Å². The standard InChI is InChI=1S/C11H20N2O4S/c1-17-9-5-10(12-6-9)11(14)13-8-3-2-4-18(15,16)7-8/h8-10,12H,2-7H2,1H3,(H,13,14). The third-order valence-corrected chi connectivity index (χ3v) is 5.37. The van der Waals surface area contributed by atoms with E-state index in [-0.39, 0.29) is 35.6 Å². The summed E-state index contributed by atoms with van der Waals surface area (Å²) in [6, 6.07) is -0.501. The first kappa shape index (κ1) is 13.8. The summed E-state index contributed by atoms with van der Waals surface area (Å²) in [5, 5.41) is 5.91. The number of hydrogen-bond acceptors (Lipinski definition) is 5. The molecule has 2 N–H and O–H groups in total. The number of carbonyl (C=O) groups is 1. The van der Waals surface area contributed by atoms with Crippen LogP contribution in [0.25, 0.3) is 0 Å². The van der Waals surface area contributed by atoms with E-state index in [1.807, 2.05) is 0 Å². The molecule has 1 amide bonds. The lowest BCUT2D eigenvalue weighted by Crippen LogP contribution is -2.49. The van der Waals surface area contributed by atoms with E-state index in [4.69, 9.17) is 4.74 Å². The van der Waals surface area contributed by atoms with Crippen molar-refractivity contribution in [1.82, 2.24) is 10.6 Å². The molecular formula is C11H20N2O4S. The molecule has 2 aliphatic heterocycles. The van der Waals surface area contributed by atoms with Crippen LogP contribution in [-0.2, 0) is 19.4 Å². The van der Waals surface area contributed by atoms with Crippen molar-refractivity contribution in [2.45, 2.75) is 37.5 Å². The van der Waals surface area contributed by atoms with E-state index >= 15 is 0 Å². The SMILES string of the molecule is COC1CNC(C(=O)NC2CCCS(=O)(=O)C2)C1. The van der Waals surface area contributed by atoms with Gasteiger partial charge in [-0.05, 0) is 19.3 Å². The topological polar surface area (TPSA) is 84.5 Å². The van der Waals surface area contributed by atoms with E-state index in [9.17, 15) is 13.2 Å². The van der Waals surface area contributed by atoms with E-state index < -0.39 is 9.84 Å². The van der Waals surface area contributed by atoms with Gasteiger partial charge in [0.05, 0.1) is 23.7 Å². The lowest BCUT2D eigenvalue weighted by Gasteiger charge is -2.24. The molecule has 0 spiro atoms. The van der Waals surface area contributed by atoms with Crippen LogP contribution in [0.3, 0.4) is 0 Å².